The van der Waals surface area contributed by atoms with Gasteiger partial charge in [-0.25, -0.2) is 14.4 Å². The fourth-order valence-electron chi connectivity index (χ4n) is 5.24. The van der Waals surface area contributed by atoms with Crippen LogP contribution in [0.15, 0.2) is 27.1 Å². The van der Waals surface area contributed by atoms with Gasteiger partial charge < -0.3 is 20.9 Å². The van der Waals surface area contributed by atoms with E-state index in [9.17, 15) is 4.39 Å². The third-order valence-electron chi connectivity index (χ3n) is 6.58. The third-order valence-corrected chi connectivity index (χ3v) is 8.22. The highest BCUT2D eigenvalue weighted by Gasteiger charge is 2.52. The van der Waals surface area contributed by atoms with Crippen LogP contribution in [0, 0.1) is 11.7 Å². The smallest absolute Gasteiger partial charge is 0.198 e. The number of aromatic nitrogens is 5. The molecular formula is C20H21FN8S2. The summed E-state index contributed by atoms with van der Waals surface area (Å²) in [5, 5.41) is 13.3. The first-order chi connectivity index (χ1) is 14.9. The zero-order chi connectivity index (χ0) is 21.3. The van der Waals surface area contributed by atoms with Crippen molar-refractivity contribution >= 4 is 56.5 Å². The maximum absolute atomic E-state index is 14.5. The number of anilines is 2. The van der Waals surface area contributed by atoms with Crippen molar-refractivity contribution in [1.29, 1.82) is 0 Å². The Morgan fingerprint density at radius 1 is 1.35 bits per heavy atom. The van der Waals surface area contributed by atoms with Gasteiger partial charge in [0.15, 0.2) is 9.50 Å². The Morgan fingerprint density at radius 2 is 2.23 bits per heavy atom. The minimum atomic E-state index is -0.299. The van der Waals surface area contributed by atoms with Crippen molar-refractivity contribution < 1.29 is 4.39 Å². The largest absolute Gasteiger partial charge is 0.386 e. The fraction of sp³-hybridized carbons (Fsp3) is 0.400. The average Bonchev–Trinajstić information content (AvgIpc) is 3.48. The molecular weight excluding hydrogens is 435 g/mol. The molecule has 2 fully saturated rings. The summed E-state index contributed by atoms with van der Waals surface area (Å²) in [6.07, 6.45) is 1.96. The molecule has 1 unspecified atom stereocenters. The number of fused-ring (bicyclic) bond motifs is 5. The van der Waals surface area contributed by atoms with Gasteiger partial charge in [0.1, 0.15) is 22.8 Å². The van der Waals surface area contributed by atoms with Crippen LogP contribution >= 0.6 is 23.1 Å². The molecule has 160 valence electrons. The summed E-state index contributed by atoms with van der Waals surface area (Å²) < 4.78 is 15.2. The van der Waals surface area contributed by atoms with E-state index in [1.165, 1.54) is 29.2 Å². The number of nitrogens with zero attached hydrogens (tertiary/aromatic N) is 5. The lowest BCUT2D eigenvalue weighted by atomic mass is 9.97. The Balaban J connectivity index is 1.60. The molecule has 1 aliphatic heterocycles. The molecule has 3 atom stereocenters. The van der Waals surface area contributed by atoms with Crippen LogP contribution in [0.4, 0.5) is 15.9 Å². The summed E-state index contributed by atoms with van der Waals surface area (Å²) in [4.78, 5) is 15.5. The number of hydrogen-bond donors (Lipinski definition) is 3. The van der Waals surface area contributed by atoms with Crippen LogP contribution in [-0.4, -0.2) is 50.3 Å². The van der Waals surface area contributed by atoms with E-state index in [1.54, 1.807) is 18.6 Å². The minimum Gasteiger partial charge on any atom is -0.386 e. The molecule has 11 heteroatoms. The zero-order valence-corrected chi connectivity index (χ0v) is 18.6. The van der Waals surface area contributed by atoms with Gasteiger partial charge in [0.25, 0.3) is 0 Å². The van der Waals surface area contributed by atoms with Crippen LogP contribution in [0.5, 0.6) is 0 Å². The number of nitrogens with two attached hydrogens (primary N) is 1. The van der Waals surface area contributed by atoms with E-state index in [0.717, 1.165) is 45.8 Å². The maximum Gasteiger partial charge on any atom is 0.198 e. The second kappa shape index (κ2) is 6.75. The number of halogens is 1. The number of nitrogens with one attached hydrogen (secondary N) is 2. The molecule has 0 radical (unpaired) electrons. The quantitative estimate of drug-likeness (QED) is 0.400. The topological polar surface area (TPSA) is 109 Å². The molecule has 6 rings (SSSR count). The summed E-state index contributed by atoms with van der Waals surface area (Å²) in [6, 6.07) is 3.26. The minimum absolute atomic E-state index is 0.0706. The number of benzene rings is 1. The molecule has 1 aliphatic carbocycles. The van der Waals surface area contributed by atoms with Crippen molar-refractivity contribution in [3.05, 3.63) is 23.5 Å². The van der Waals surface area contributed by atoms with Crippen LogP contribution in [0.2, 0.25) is 0 Å². The molecule has 0 amide bonds. The van der Waals surface area contributed by atoms with E-state index in [1.807, 2.05) is 0 Å². The normalized spacial score (nSPS) is 25.2. The Morgan fingerprint density at radius 3 is 2.90 bits per heavy atom. The van der Waals surface area contributed by atoms with E-state index in [4.69, 9.17) is 15.7 Å². The number of hydrogen-bond acceptors (Lipinski definition) is 9. The van der Waals surface area contributed by atoms with Crippen LogP contribution in [0.1, 0.15) is 19.8 Å². The van der Waals surface area contributed by atoms with E-state index in [0.29, 0.717) is 22.4 Å². The van der Waals surface area contributed by atoms with Crippen LogP contribution in [0.3, 0.4) is 0 Å². The number of rotatable bonds is 4. The predicted molar refractivity (Wildman–Crippen MR) is 121 cm³/mol. The maximum atomic E-state index is 14.5. The summed E-state index contributed by atoms with van der Waals surface area (Å²) in [5.41, 5.74) is 10.2. The molecule has 2 aliphatic rings. The number of piperidine rings is 1. The van der Waals surface area contributed by atoms with Crippen LogP contribution in [0.25, 0.3) is 21.9 Å². The van der Waals surface area contributed by atoms with Crippen molar-refractivity contribution in [2.24, 2.45) is 11.7 Å². The van der Waals surface area contributed by atoms with Gasteiger partial charge in [-0.1, -0.05) is 11.3 Å². The molecule has 4 N–H and O–H groups in total. The Labute approximate surface area is 185 Å². The van der Waals surface area contributed by atoms with Crippen LogP contribution in [-0.2, 0) is 0 Å². The van der Waals surface area contributed by atoms with Gasteiger partial charge in [-0.15, -0.1) is 10.2 Å². The summed E-state index contributed by atoms with van der Waals surface area (Å²) in [7, 11) is 1.78. The SMILES string of the molecule is CNc1cc(F)cc2c1[nH]c1nc(Sc3nncs3)nc(N3C[C@H]4CC3(C)C[C@H]4N)c12. The number of H-pyrrole nitrogens is 1. The molecule has 31 heavy (non-hydrogen) atoms. The fourth-order valence-corrected chi connectivity index (χ4v) is 6.58. The van der Waals surface area contributed by atoms with Crippen molar-refractivity contribution in [3.8, 4) is 0 Å². The lowest BCUT2D eigenvalue weighted by Crippen LogP contribution is -2.48. The first kappa shape index (κ1) is 19.2. The monoisotopic (exact) mass is 456 g/mol. The summed E-state index contributed by atoms with van der Waals surface area (Å²) in [5.74, 6) is 0.962. The van der Waals surface area contributed by atoms with Gasteiger partial charge >= 0.3 is 0 Å². The number of aromatic amines is 1. The molecule has 1 saturated heterocycles. The first-order valence-electron chi connectivity index (χ1n) is 10.1. The third kappa shape index (κ3) is 2.90. The van der Waals surface area contributed by atoms with Gasteiger partial charge in [0, 0.05) is 30.6 Å². The van der Waals surface area contributed by atoms with Gasteiger partial charge in [0.05, 0.1) is 16.6 Å². The second-order valence-electron chi connectivity index (χ2n) is 8.55. The van der Waals surface area contributed by atoms with Crippen LogP contribution < -0.4 is 16.0 Å². The lowest BCUT2D eigenvalue weighted by Gasteiger charge is -2.39. The Kier molecular flexibility index (Phi) is 4.18. The highest BCUT2D eigenvalue weighted by molar-refractivity contribution is 8.00. The molecule has 4 heterocycles. The molecule has 3 aromatic heterocycles. The molecule has 1 saturated carbocycles. The van der Waals surface area contributed by atoms with Crippen molar-refractivity contribution in [3.63, 3.8) is 0 Å². The molecule has 2 bridgehead atoms. The molecule has 0 spiro atoms. The molecule has 8 nitrogen and oxygen atoms in total. The highest BCUT2D eigenvalue weighted by atomic mass is 32.2. The first-order valence-corrected chi connectivity index (χ1v) is 11.8. The van der Waals surface area contributed by atoms with Crippen molar-refractivity contribution in [2.75, 3.05) is 23.8 Å². The van der Waals surface area contributed by atoms with Gasteiger partial charge in [0.2, 0.25) is 0 Å². The predicted octanol–water partition coefficient (Wildman–Crippen LogP) is 3.61. The summed E-state index contributed by atoms with van der Waals surface area (Å²) >= 11 is 2.83. The van der Waals surface area contributed by atoms with Crippen molar-refractivity contribution in [2.45, 2.75) is 40.8 Å². The molecule has 1 aromatic carbocycles. The van der Waals surface area contributed by atoms with Gasteiger partial charge in [-0.05, 0) is 49.6 Å². The Hall–Kier alpha value is -2.50. The second-order valence-corrected chi connectivity index (χ2v) is 10.6. The zero-order valence-electron chi connectivity index (χ0n) is 17.0. The van der Waals surface area contributed by atoms with E-state index < -0.39 is 0 Å². The molecule has 4 aromatic rings. The van der Waals surface area contributed by atoms with E-state index >= 15 is 0 Å². The summed E-state index contributed by atoms with van der Waals surface area (Å²) in [6.45, 7) is 3.09. The van der Waals surface area contributed by atoms with E-state index in [2.05, 4.69) is 32.3 Å². The highest BCUT2D eigenvalue weighted by Crippen LogP contribution is 2.49. The van der Waals surface area contributed by atoms with Crippen molar-refractivity contribution in [1.82, 2.24) is 25.1 Å². The standard InChI is InChI=1S/C20H21FN8S2/c1-20-5-9(12(22)6-20)7-29(20)17-14-11-3-10(21)4-13(23-2)15(11)25-16(14)26-18(27-17)31-19-28-24-8-30-19/h3-4,8-9,12,23H,5-7,22H2,1-2H3,(H,25,26,27)/t9-,12-,20?/m1/s1. The lowest BCUT2D eigenvalue weighted by molar-refractivity contribution is 0.415. The Bertz CT molecular complexity index is 1300. The van der Waals surface area contributed by atoms with Gasteiger partial charge in [-0.2, -0.15) is 0 Å². The van der Waals surface area contributed by atoms with E-state index in [-0.39, 0.29) is 17.4 Å². The average molecular weight is 457 g/mol. The van der Waals surface area contributed by atoms with Gasteiger partial charge in [-0.3, -0.25) is 0 Å².